The molecule has 0 aliphatic carbocycles. The van der Waals surface area contributed by atoms with Gasteiger partial charge in [-0.15, -0.1) is 0 Å². The molecule has 0 saturated carbocycles. The first-order valence-corrected chi connectivity index (χ1v) is 7.36. The van der Waals surface area contributed by atoms with Crippen molar-refractivity contribution in [3.8, 4) is 0 Å². The Morgan fingerprint density at radius 1 is 1.46 bits per heavy atom. The van der Waals surface area contributed by atoms with Gasteiger partial charge in [-0.1, -0.05) is 0 Å². The number of benzene rings is 1. The number of nitrogens with one attached hydrogen (secondary N) is 2. The number of halogens is 2. The Bertz CT molecular complexity index is 807. The zero-order chi connectivity index (χ0) is 17.5. The number of H-pyrrole nitrogens is 1. The minimum atomic E-state index is -2.70. The summed E-state index contributed by atoms with van der Waals surface area (Å²) >= 11 is 0. The Balaban J connectivity index is 1.73. The Labute approximate surface area is 135 Å². The van der Waals surface area contributed by atoms with Crippen molar-refractivity contribution in [2.24, 2.45) is 5.41 Å². The zero-order valence-electron chi connectivity index (χ0n) is 12.8. The number of hydrogen-bond donors (Lipinski definition) is 3. The number of carboxylic acids is 1. The van der Waals surface area contributed by atoms with E-state index in [-0.39, 0.29) is 6.54 Å². The van der Waals surface area contributed by atoms with E-state index in [1.165, 1.54) is 17.0 Å². The summed E-state index contributed by atoms with van der Waals surface area (Å²) in [5, 5.41) is 11.8. The fourth-order valence-electron chi connectivity index (χ4n) is 2.72. The molecule has 3 rings (SSSR count). The van der Waals surface area contributed by atoms with Gasteiger partial charge in [0, 0.05) is 18.8 Å². The van der Waals surface area contributed by atoms with Crippen LogP contribution >= 0.6 is 0 Å². The monoisotopic (exact) mass is 338 g/mol. The molecular weight excluding hydrogens is 322 g/mol. The summed E-state index contributed by atoms with van der Waals surface area (Å²) in [7, 11) is 0. The normalized spacial score (nSPS) is 20.8. The van der Waals surface area contributed by atoms with Crippen LogP contribution in [-0.2, 0) is 4.79 Å². The molecule has 1 aromatic heterocycles. The van der Waals surface area contributed by atoms with E-state index in [1.807, 2.05) is 0 Å². The van der Waals surface area contributed by atoms with Crippen LogP contribution in [0.2, 0.25) is 0 Å². The van der Waals surface area contributed by atoms with Crippen LogP contribution in [0, 0.1) is 5.41 Å². The number of hydrogen-bond acceptors (Lipinski definition) is 3. The van der Waals surface area contributed by atoms with Gasteiger partial charge < -0.3 is 20.3 Å². The van der Waals surface area contributed by atoms with Crippen molar-refractivity contribution in [1.82, 2.24) is 14.9 Å². The van der Waals surface area contributed by atoms with Crippen molar-refractivity contribution in [3.05, 3.63) is 24.0 Å². The molecule has 1 aromatic carbocycles. The molecule has 2 aromatic rings. The lowest BCUT2D eigenvalue weighted by molar-refractivity contribution is -0.146. The SMILES string of the molecule is CC1(C(=O)O)CCN(C(=O)Nc2ccc3nc(C(F)F)[nH]c3c2)C1. The lowest BCUT2D eigenvalue weighted by atomic mass is 9.90. The number of imidazole rings is 1. The van der Waals surface area contributed by atoms with Gasteiger partial charge in [-0.3, -0.25) is 4.79 Å². The maximum absolute atomic E-state index is 12.6. The topological polar surface area (TPSA) is 98.3 Å². The van der Waals surface area contributed by atoms with E-state index in [2.05, 4.69) is 15.3 Å². The average Bonchev–Trinajstić information content (AvgIpc) is 3.11. The molecule has 0 radical (unpaired) electrons. The molecule has 3 N–H and O–H groups in total. The number of carboxylic acid groups (broad SMARTS) is 1. The number of amides is 2. The third kappa shape index (κ3) is 2.89. The number of rotatable bonds is 3. The third-order valence-electron chi connectivity index (χ3n) is 4.24. The zero-order valence-corrected chi connectivity index (χ0v) is 12.8. The van der Waals surface area contributed by atoms with Crippen molar-refractivity contribution in [1.29, 1.82) is 0 Å². The molecule has 1 atom stereocenters. The average molecular weight is 338 g/mol. The number of alkyl halides is 2. The van der Waals surface area contributed by atoms with Gasteiger partial charge in [0.1, 0.15) is 0 Å². The Morgan fingerprint density at radius 2 is 2.21 bits per heavy atom. The highest BCUT2D eigenvalue weighted by atomic mass is 19.3. The summed E-state index contributed by atoms with van der Waals surface area (Å²) in [4.78, 5) is 31.2. The van der Waals surface area contributed by atoms with Gasteiger partial charge in [-0.05, 0) is 31.5 Å². The predicted molar refractivity (Wildman–Crippen MR) is 82.0 cm³/mol. The van der Waals surface area contributed by atoms with Crippen LogP contribution in [-0.4, -0.2) is 45.1 Å². The van der Waals surface area contributed by atoms with Crippen LogP contribution in [0.5, 0.6) is 0 Å². The van der Waals surface area contributed by atoms with Gasteiger partial charge in [-0.2, -0.15) is 0 Å². The second kappa shape index (κ2) is 5.73. The minimum Gasteiger partial charge on any atom is -0.481 e. The highest BCUT2D eigenvalue weighted by Gasteiger charge is 2.42. The number of aromatic amines is 1. The second-order valence-corrected chi connectivity index (χ2v) is 6.12. The van der Waals surface area contributed by atoms with Crippen molar-refractivity contribution >= 4 is 28.7 Å². The largest absolute Gasteiger partial charge is 0.481 e. The fourth-order valence-corrected chi connectivity index (χ4v) is 2.72. The highest BCUT2D eigenvalue weighted by Crippen LogP contribution is 2.30. The van der Waals surface area contributed by atoms with Gasteiger partial charge in [0.2, 0.25) is 0 Å². The number of anilines is 1. The van der Waals surface area contributed by atoms with Crippen LogP contribution in [0.4, 0.5) is 19.3 Å². The summed E-state index contributed by atoms with van der Waals surface area (Å²) in [5.74, 6) is -1.36. The maximum atomic E-state index is 12.6. The fraction of sp³-hybridized carbons (Fsp3) is 0.400. The van der Waals surface area contributed by atoms with E-state index in [9.17, 15) is 23.5 Å². The third-order valence-corrected chi connectivity index (χ3v) is 4.24. The summed E-state index contributed by atoms with van der Waals surface area (Å²) in [5.41, 5.74) is 0.236. The van der Waals surface area contributed by atoms with Gasteiger partial charge in [0.25, 0.3) is 6.43 Å². The molecule has 7 nitrogen and oxygen atoms in total. The Kier molecular flexibility index (Phi) is 3.86. The van der Waals surface area contributed by atoms with Crippen molar-refractivity contribution < 1.29 is 23.5 Å². The van der Waals surface area contributed by atoms with E-state index in [4.69, 9.17) is 0 Å². The molecule has 1 aliphatic heterocycles. The number of carbonyl (C=O) groups excluding carboxylic acids is 1. The lowest BCUT2D eigenvalue weighted by Crippen LogP contribution is -2.37. The van der Waals surface area contributed by atoms with Crippen LogP contribution in [0.3, 0.4) is 0 Å². The number of urea groups is 1. The minimum absolute atomic E-state index is 0.121. The van der Waals surface area contributed by atoms with Crippen LogP contribution < -0.4 is 5.32 Å². The van der Waals surface area contributed by atoms with Crippen LogP contribution in [0.15, 0.2) is 18.2 Å². The maximum Gasteiger partial charge on any atom is 0.321 e. The van der Waals surface area contributed by atoms with E-state index in [0.29, 0.717) is 29.7 Å². The van der Waals surface area contributed by atoms with E-state index < -0.39 is 29.7 Å². The molecule has 1 fully saturated rings. The summed E-state index contributed by atoms with van der Waals surface area (Å²) in [6, 6.07) is 4.17. The molecule has 1 unspecified atom stereocenters. The highest BCUT2D eigenvalue weighted by molar-refractivity contribution is 5.92. The number of carbonyl (C=O) groups is 2. The predicted octanol–water partition coefficient (Wildman–Crippen LogP) is 2.83. The van der Waals surface area contributed by atoms with Crippen molar-refractivity contribution in [2.45, 2.75) is 19.8 Å². The van der Waals surface area contributed by atoms with Crippen molar-refractivity contribution in [2.75, 3.05) is 18.4 Å². The van der Waals surface area contributed by atoms with Crippen LogP contribution in [0.1, 0.15) is 25.6 Å². The van der Waals surface area contributed by atoms with Crippen LogP contribution in [0.25, 0.3) is 11.0 Å². The quantitative estimate of drug-likeness (QED) is 0.801. The van der Waals surface area contributed by atoms with Gasteiger partial charge >= 0.3 is 12.0 Å². The molecule has 24 heavy (non-hydrogen) atoms. The van der Waals surface area contributed by atoms with E-state index >= 15 is 0 Å². The number of nitrogens with zero attached hydrogens (tertiary/aromatic N) is 2. The second-order valence-electron chi connectivity index (χ2n) is 6.12. The van der Waals surface area contributed by atoms with E-state index in [0.717, 1.165) is 0 Å². The smallest absolute Gasteiger partial charge is 0.321 e. The molecule has 0 bridgehead atoms. The lowest BCUT2D eigenvalue weighted by Gasteiger charge is -2.20. The molecule has 1 saturated heterocycles. The standard InChI is InChI=1S/C15H16F2N4O3/c1-15(13(22)23)4-5-21(7-15)14(24)18-8-2-3-9-10(6-8)20-12(19-9)11(16)17/h2-3,6,11H,4-5,7H2,1H3,(H,18,24)(H,19,20)(H,22,23). The molecule has 0 spiro atoms. The number of aliphatic carboxylic acids is 1. The number of aromatic nitrogens is 2. The molecule has 2 heterocycles. The molecular formula is C15H16F2N4O3. The number of likely N-dealkylation sites (tertiary alicyclic amines) is 1. The Hall–Kier alpha value is -2.71. The summed E-state index contributed by atoms with van der Waals surface area (Å²) < 4.78 is 25.3. The van der Waals surface area contributed by atoms with Gasteiger partial charge in [0.15, 0.2) is 5.82 Å². The van der Waals surface area contributed by atoms with E-state index in [1.54, 1.807) is 13.0 Å². The first kappa shape index (κ1) is 16.2. The molecule has 128 valence electrons. The van der Waals surface area contributed by atoms with Gasteiger partial charge in [-0.25, -0.2) is 18.6 Å². The van der Waals surface area contributed by atoms with Crippen molar-refractivity contribution in [3.63, 3.8) is 0 Å². The Morgan fingerprint density at radius 3 is 2.83 bits per heavy atom. The molecule has 2 amide bonds. The van der Waals surface area contributed by atoms with Gasteiger partial charge in [0.05, 0.1) is 16.4 Å². The summed E-state index contributed by atoms with van der Waals surface area (Å²) in [6.45, 7) is 2.07. The first-order chi connectivity index (χ1) is 11.3. The summed E-state index contributed by atoms with van der Waals surface area (Å²) in [6.07, 6.45) is -2.32. The number of fused-ring (bicyclic) bond motifs is 1. The molecule has 1 aliphatic rings. The molecule has 9 heteroatoms. The first-order valence-electron chi connectivity index (χ1n) is 7.36.